The van der Waals surface area contributed by atoms with Crippen molar-refractivity contribution >= 4 is 35.1 Å². The predicted octanol–water partition coefficient (Wildman–Crippen LogP) is 5.53. The fourth-order valence-electron chi connectivity index (χ4n) is 5.11. The van der Waals surface area contributed by atoms with Gasteiger partial charge >= 0.3 is 11.9 Å². The van der Waals surface area contributed by atoms with Crippen molar-refractivity contribution in [3.63, 3.8) is 0 Å². The molecule has 0 bridgehead atoms. The first kappa shape index (κ1) is 34.3. The molecule has 0 aromatic carbocycles. The quantitative estimate of drug-likeness (QED) is 0.242. The lowest BCUT2D eigenvalue weighted by Crippen LogP contribution is -2.47. The minimum atomic E-state index is -1.34. The Morgan fingerprint density at radius 3 is 2.61 bits per heavy atom. The number of aromatic nitrogens is 1. The maximum absolute atomic E-state index is 13.6. The molecule has 0 aliphatic carbocycles. The van der Waals surface area contributed by atoms with E-state index in [2.05, 4.69) is 18.1 Å². The van der Waals surface area contributed by atoms with Gasteiger partial charge in [-0.1, -0.05) is 32.6 Å². The maximum Gasteiger partial charge on any atom is 0.330 e. The first-order chi connectivity index (χ1) is 19.3. The molecule has 1 aliphatic rings. The third-order valence-corrected chi connectivity index (χ3v) is 8.67. The molecule has 226 valence electrons. The van der Waals surface area contributed by atoms with E-state index in [0.29, 0.717) is 25.7 Å². The molecule has 1 aromatic rings. The largest absolute Gasteiger partial charge is 0.458 e. The van der Waals surface area contributed by atoms with Crippen molar-refractivity contribution in [2.45, 2.75) is 91.5 Å². The standard InChI is InChI=1S/C32H45NO7S/c1-8-15-32(7)27(34)17-29(36)40-26(21(4)16-25-19-41-23(6)33-25)14-13-24(18-39-28(35)9-2)12-10-11-20(3)30(37)22(5)31(32)38/h8-9,13,16,19-20,22,26-27,30,34,37H,1-2,10-12,14-15,17-18H2,3-7H3/b21-16+,24-13+/t20-,22+,26-,27-,30-,32+/m0/s1. The van der Waals surface area contributed by atoms with Crippen molar-refractivity contribution in [3.05, 3.63) is 58.6 Å². The number of aliphatic hydroxyl groups is 2. The van der Waals surface area contributed by atoms with E-state index in [1.54, 1.807) is 19.9 Å². The molecule has 0 amide bonds. The summed E-state index contributed by atoms with van der Waals surface area (Å²) in [7, 11) is 0. The van der Waals surface area contributed by atoms with Gasteiger partial charge in [-0.3, -0.25) is 9.59 Å². The van der Waals surface area contributed by atoms with Crippen molar-refractivity contribution in [3.8, 4) is 0 Å². The Balaban J connectivity index is 2.48. The van der Waals surface area contributed by atoms with Crippen LogP contribution in [0.1, 0.15) is 76.9 Å². The monoisotopic (exact) mass is 587 g/mol. The summed E-state index contributed by atoms with van der Waals surface area (Å²) in [4.78, 5) is 43.0. The van der Waals surface area contributed by atoms with E-state index in [1.807, 2.05) is 38.3 Å². The Bertz CT molecular complexity index is 1150. The van der Waals surface area contributed by atoms with Crippen molar-refractivity contribution in [2.75, 3.05) is 6.61 Å². The van der Waals surface area contributed by atoms with Gasteiger partial charge in [0.25, 0.3) is 0 Å². The Hall–Kier alpha value is -2.88. The van der Waals surface area contributed by atoms with Gasteiger partial charge in [-0.15, -0.1) is 17.9 Å². The van der Waals surface area contributed by atoms with Gasteiger partial charge < -0.3 is 19.7 Å². The molecule has 1 aliphatic heterocycles. The molecule has 41 heavy (non-hydrogen) atoms. The summed E-state index contributed by atoms with van der Waals surface area (Å²) in [5.41, 5.74) is 1.03. The SMILES string of the molecule is C=CC[C@@]1(C)C(=O)[C@H](C)[C@@H](O)[C@@H](C)CCC/C(COC(=O)C=C)=C\C[C@@H](/C(C)=C/c2csc(C)n2)OC(=O)C[C@@H]1O. The van der Waals surface area contributed by atoms with Crippen molar-refractivity contribution in [1.82, 2.24) is 4.98 Å². The summed E-state index contributed by atoms with van der Waals surface area (Å²) in [6, 6.07) is 0. The summed E-state index contributed by atoms with van der Waals surface area (Å²) < 4.78 is 11.2. The third kappa shape index (κ3) is 9.87. The van der Waals surface area contributed by atoms with Gasteiger partial charge in [0.05, 0.1) is 34.7 Å². The normalized spacial score (nSPS) is 30.6. The zero-order chi connectivity index (χ0) is 30.7. The lowest BCUT2D eigenvalue weighted by Gasteiger charge is -2.36. The molecule has 8 nitrogen and oxygen atoms in total. The second-order valence-electron chi connectivity index (χ2n) is 11.2. The van der Waals surface area contributed by atoms with E-state index < -0.39 is 48.0 Å². The molecule has 6 atom stereocenters. The average Bonchev–Trinajstić information content (AvgIpc) is 3.35. The maximum atomic E-state index is 13.6. The Morgan fingerprint density at radius 1 is 1.29 bits per heavy atom. The third-order valence-electron chi connectivity index (χ3n) is 7.87. The predicted molar refractivity (Wildman–Crippen MR) is 161 cm³/mol. The van der Waals surface area contributed by atoms with E-state index in [0.717, 1.165) is 27.9 Å². The van der Waals surface area contributed by atoms with Crippen LogP contribution < -0.4 is 0 Å². The van der Waals surface area contributed by atoms with Crippen molar-refractivity contribution < 1.29 is 34.1 Å². The lowest BCUT2D eigenvalue weighted by atomic mass is 9.69. The molecule has 2 N–H and O–H groups in total. The molecule has 9 heteroatoms. The molecule has 0 radical (unpaired) electrons. The van der Waals surface area contributed by atoms with Gasteiger partial charge in [-0.05, 0) is 69.6 Å². The van der Waals surface area contributed by atoms with Crippen LogP contribution in [0.15, 0.2) is 47.9 Å². The molecule has 2 rings (SSSR count). The molecule has 0 saturated heterocycles. The molecule has 0 spiro atoms. The highest BCUT2D eigenvalue weighted by atomic mass is 32.1. The summed E-state index contributed by atoms with van der Waals surface area (Å²) >= 11 is 1.51. The van der Waals surface area contributed by atoms with Crippen LogP contribution in [-0.2, 0) is 23.9 Å². The number of carbonyl (C=O) groups excluding carboxylic acids is 3. The Kier molecular flexibility index (Phi) is 13.3. The van der Waals surface area contributed by atoms with Crippen LogP contribution in [0.4, 0.5) is 0 Å². The topological polar surface area (TPSA) is 123 Å². The Labute approximate surface area is 247 Å². The fourth-order valence-corrected chi connectivity index (χ4v) is 5.68. The minimum Gasteiger partial charge on any atom is -0.458 e. The van der Waals surface area contributed by atoms with E-state index >= 15 is 0 Å². The number of thiazole rings is 1. The van der Waals surface area contributed by atoms with Crippen LogP contribution in [0.3, 0.4) is 0 Å². The lowest BCUT2D eigenvalue weighted by molar-refractivity contribution is -0.154. The number of aliphatic hydroxyl groups excluding tert-OH is 2. The molecule has 0 unspecified atom stereocenters. The van der Waals surface area contributed by atoms with E-state index in [-0.39, 0.29) is 24.7 Å². The highest BCUT2D eigenvalue weighted by Gasteiger charge is 2.45. The molecule has 0 saturated carbocycles. The number of cyclic esters (lactones) is 1. The van der Waals surface area contributed by atoms with E-state index in [9.17, 15) is 24.6 Å². The molecular weight excluding hydrogens is 542 g/mol. The Morgan fingerprint density at radius 2 is 2.00 bits per heavy atom. The second kappa shape index (κ2) is 15.9. The van der Waals surface area contributed by atoms with Crippen LogP contribution in [-0.4, -0.2) is 57.8 Å². The van der Waals surface area contributed by atoms with Gasteiger partial charge in [0.15, 0.2) is 0 Å². The summed E-state index contributed by atoms with van der Waals surface area (Å²) in [5, 5.41) is 25.0. The first-order valence-corrected chi connectivity index (χ1v) is 15.0. The number of rotatable bonds is 7. The van der Waals surface area contributed by atoms with Crippen molar-refractivity contribution in [1.29, 1.82) is 0 Å². The number of hydrogen-bond acceptors (Lipinski definition) is 9. The number of hydrogen-bond donors (Lipinski definition) is 2. The van der Waals surface area contributed by atoms with Crippen LogP contribution in [0.5, 0.6) is 0 Å². The number of allylic oxidation sites excluding steroid dienone is 1. The molecule has 1 aromatic heterocycles. The van der Waals surface area contributed by atoms with Crippen LogP contribution in [0.2, 0.25) is 0 Å². The minimum absolute atomic E-state index is 0.0595. The zero-order valence-electron chi connectivity index (χ0n) is 24.9. The molecule has 2 heterocycles. The van der Waals surface area contributed by atoms with Gasteiger partial charge in [-0.2, -0.15) is 0 Å². The van der Waals surface area contributed by atoms with Gasteiger partial charge in [0.2, 0.25) is 0 Å². The number of esters is 2. The second-order valence-corrected chi connectivity index (χ2v) is 12.3. The van der Waals surface area contributed by atoms with E-state index in [1.165, 1.54) is 11.3 Å². The van der Waals surface area contributed by atoms with Crippen LogP contribution in [0, 0.1) is 24.2 Å². The fraction of sp³-hybridized carbons (Fsp3) is 0.562. The van der Waals surface area contributed by atoms with E-state index in [4.69, 9.17) is 9.47 Å². The van der Waals surface area contributed by atoms with Crippen LogP contribution >= 0.6 is 11.3 Å². The number of nitrogens with zero attached hydrogens (tertiary/aromatic N) is 1. The van der Waals surface area contributed by atoms with Gasteiger partial charge in [0, 0.05) is 23.8 Å². The highest BCUT2D eigenvalue weighted by Crippen LogP contribution is 2.36. The average molecular weight is 588 g/mol. The van der Waals surface area contributed by atoms with Crippen LogP contribution in [0.25, 0.3) is 6.08 Å². The summed E-state index contributed by atoms with van der Waals surface area (Å²) in [6.07, 6.45) is 5.43. The first-order valence-electron chi connectivity index (χ1n) is 14.1. The number of aryl methyl sites for hydroxylation is 1. The zero-order valence-corrected chi connectivity index (χ0v) is 25.7. The highest BCUT2D eigenvalue weighted by molar-refractivity contribution is 7.09. The number of ether oxygens (including phenoxy) is 2. The summed E-state index contributed by atoms with van der Waals surface area (Å²) in [5.74, 6) is -2.49. The molecular formula is C32H45NO7S. The van der Waals surface area contributed by atoms with Crippen molar-refractivity contribution in [2.24, 2.45) is 17.3 Å². The number of ketones is 1. The summed E-state index contributed by atoms with van der Waals surface area (Å²) in [6.45, 7) is 16.2. The number of carbonyl (C=O) groups is 3. The van der Waals surface area contributed by atoms with Gasteiger partial charge in [-0.25, -0.2) is 9.78 Å². The molecule has 0 fully saturated rings. The smallest absolute Gasteiger partial charge is 0.330 e. The number of Topliss-reactive ketones (excluding diaryl/α,β-unsaturated/α-hetero) is 1. The van der Waals surface area contributed by atoms with Gasteiger partial charge in [0.1, 0.15) is 18.5 Å².